The molecule has 202 valence electrons. The maximum atomic E-state index is 13.8. The Morgan fingerprint density at radius 3 is 2.50 bits per heavy atom. The van der Waals surface area contributed by atoms with Crippen molar-refractivity contribution in [2.75, 3.05) is 19.4 Å². The molecule has 1 heterocycles. The second-order valence-electron chi connectivity index (χ2n) is 10.0. The molecular formula is C28H35FN6O3. The summed E-state index contributed by atoms with van der Waals surface area (Å²) in [6.07, 6.45) is 4.96. The Morgan fingerprint density at radius 1 is 1.13 bits per heavy atom. The van der Waals surface area contributed by atoms with Gasteiger partial charge in [0.2, 0.25) is 11.8 Å². The topological polar surface area (TPSA) is 122 Å². The van der Waals surface area contributed by atoms with Gasteiger partial charge in [0.1, 0.15) is 11.9 Å². The standard InChI is InChI=1S/C28H35FN6O3/c1-28(2,30)27(38)32-23(12-8-11-19-9-6-5-7-10-19)25(36)33-24-17-35(18-31-24)16-20-13-14-21(29)15-22(20)26(37)34(3)4/h5-7,9-10,13-15,17-18,23H,8,11-12,16,30H2,1-4H3,(H,32,38)(H,33,36). The number of carbonyl (C=O) groups is 3. The SMILES string of the molecule is CN(C)C(=O)c1cc(F)ccc1Cn1cnc(NC(=O)C(CCCc2ccccc2)NC(=O)C(C)(C)N)c1. The van der Waals surface area contributed by atoms with E-state index in [9.17, 15) is 18.8 Å². The van der Waals surface area contributed by atoms with E-state index in [0.29, 0.717) is 18.4 Å². The van der Waals surface area contributed by atoms with Crippen LogP contribution in [0.2, 0.25) is 0 Å². The molecule has 4 N–H and O–H groups in total. The van der Waals surface area contributed by atoms with Crippen molar-refractivity contribution in [1.82, 2.24) is 19.8 Å². The lowest BCUT2D eigenvalue weighted by atomic mass is 10.0. The summed E-state index contributed by atoms with van der Waals surface area (Å²) in [6.45, 7) is 3.40. The fourth-order valence-electron chi connectivity index (χ4n) is 3.82. The molecule has 0 radical (unpaired) electrons. The molecule has 0 saturated heterocycles. The Kier molecular flexibility index (Phi) is 9.35. The fourth-order valence-corrected chi connectivity index (χ4v) is 3.82. The van der Waals surface area contributed by atoms with E-state index in [1.54, 1.807) is 44.8 Å². The minimum absolute atomic E-state index is 0.247. The molecule has 0 bridgehead atoms. The zero-order valence-corrected chi connectivity index (χ0v) is 22.2. The number of aryl methyl sites for hydroxylation is 1. The highest BCUT2D eigenvalue weighted by Gasteiger charge is 2.28. The molecule has 1 aromatic heterocycles. The van der Waals surface area contributed by atoms with Crippen molar-refractivity contribution in [3.8, 4) is 0 Å². The van der Waals surface area contributed by atoms with E-state index >= 15 is 0 Å². The van der Waals surface area contributed by atoms with Crippen molar-refractivity contribution in [3.63, 3.8) is 0 Å². The van der Waals surface area contributed by atoms with Crippen LogP contribution in [0.5, 0.6) is 0 Å². The maximum Gasteiger partial charge on any atom is 0.253 e. The number of rotatable bonds is 11. The monoisotopic (exact) mass is 522 g/mol. The molecule has 3 aromatic rings. The van der Waals surface area contributed by atoms with Crippen LogP contribution in [-0.2, 0) is 22.6 Å². The first kappa shape index (κ1) is 28.5. The van der Waals surface area contributed by atoms with Gasteiger partial charge < -0.3 is 25.8 Å². The van der Waals surface area contributed by atoms with E-state index in [-0.39, 0.29) is 23.8 Å². The van der Waals surface area contributed by atoms with E-state index in [1.807, 2.05) is 30.3 Å². The van der Waals surface area contributed by atoms with Crippen LogP contribution < -0.4 is 16.4 Å². The van der Waals surface area contributed by atoms with Crippen molar-refractivity contribution >= 4 is 23.5 Å². The number of imidazole rings is 1. The number of hydrogen-bond donors (Lipinski definition) is 3. The van der Waals surface area contributed by atoms with Gasteiger partial charge in [-0.15, -0.1) is 0 Å². The largest absolute Gasteiger partial charge is 0.345 e. The number of anilines is 1. The number of hydrogen-bond acceptors (Lipinski definition) is 5. The highest BCUT2D eigenvalue weighted by Crippen LogP contribution is 2.16. The van der Waals surface area contributed by atoms with Crippen LogP contribution >= 0.6 is 0 Å². The molecule has 0 aliphatic heterocycles. The first-order valence-electron chi connectivity index (χ1n) is 12.4. The Balaban J connectivity index is 1.70. The lowest BCUT2D eigenvalue weighted by molar-refractivity contribution is -0.129. The molecule has 3 rings (SSSR count). The van der Waals surface area contributed by atoms with Gasteiger partial charge >= 0.3 is 0 Å². The molecule has 3 amide bonds. The summed E-state index contributed by atoms with van der Waals surface area (Å²) >= 11 is 0. The molecule has 1 unspecified atom stereocenters. The van der Waals surface area contributed by atoms with Crippen molar-refractivity contribution in [3.05, 3.63) is 83.6 Å². The average molecular weight is 523 g/mol. The van der Waals surface area contributed by atoms with Crippen LogP contribution in [0, 0.1) is 5.82 Å². The minimum atomic E-state index is -1.14. The summed E-state index contributed by atoms with van der Waals surface area (Å²) in [5.74, 6) is -1.38. The Hall–Kier alpha value is -4.05. The quantitative estimate of drug-likeness (QED) is 0.357. The van der Waals surface area contributed by atoms with E-state index in [1.165, 1.54) is 23.4 Å². The van der Waals surface area contributed by atoms with Crippen LogP contribution in [0.3, 0.4) is 0 Å². The van der Waals surface area contributed by atoms with Gasteiger partial charge in [0.05, 0.1) is 11.9 Å². The van der Waals surface area contributed by atoms with Crippen LogP contribution in [0.25, 0.3) is 0 Å². The van der Waals surface area contributed by atoms with Crippen LogP contribution in [0.15, 0.2) is 61.1 Å². The number of nitrogens with one attached hydrogen (secondary N) is 2. The van der Waals surface area contributed by atoms with Crippen molar-refractivity contribution in [2.45, 2.75) is 51.2 Å². The molecule has 10 heteroatoms. The van der Waals surface area contributed by atoms with Gasteiger partial charge in [-0.3, -0.25) is 14.4 Å². The van der Waals surface area contributed by atoms with Crippen molar-refractivity contribution < 1.29 is 18.8 Å². The molecular weight excluding hydrogens is 487 g/mol. The summed E-state index contributed by atoms with van der Waals surface area (Å²) in [7, 11) is 3.20. The summed E-state index contributed by atoms with van der Waals surface area (Å²) in [6, 6.07) is 13.1. The molecule has 1 atom stereocenters. The first-order chi connectivity index (χ1) is 17.9. The van der Waals surface area contributed by atoms with Gasteiger partial charge in [-0.2, -0.15) is 0 Å². The van der Waals surface area contributed by atoms with Crippen LogP contribution in [0.1, 0.15) is 48.2 Å². The normalized spacial score (nSPS) is 12.1. The maximum absolute atomic E-state index is 13.8. The minimum Gasteiger partial charge on any atom is -0.345 e. The fraction of sp³-hybridized carbons (Fsp3) is 0.357. The lowest BCUT2D eigenvalue weighted by Gasteiger charge is -2.23. The van der Waals surface area contributed by atoms with Crippen LogP contribution in [0.4, 0.5) is 10.2 Å². The number of halogens is 1. The van der Waals surface area contributed by atoms with E-state index in [0.717, 1.165) is 12.0 Å². The van der Waals surface area contributed by atoms with Crippen LogP contribution in [-0.4, -0.2) is 57.8 Å². The van der Waals surface area contributed by atoms with E-state index in [2.05, 4.69) is 15.6 Å². The predicted octanol–water partition coefficient (Wildman–Crippen LogP) is 2.96. The highest BCUT2D eigenvalue weighted by molar-refractivity contribution is 5.98. The third kappa shape index (κ3) is 7.97. The molecule has 0 aliphatic carbocycles. The summed E-state index contributed by atoms with van der Waals surface area (Å²) < 4.78 is 15.5. The third-order valence-electron chi connectivity index (χ3n) is 5.95. The van der Waals surface area contributed by atoms with Gasteiger partial charge in [0, 0.05) is 32.4 Å². The predicted molar refractivity (Wildman–Crippen MR) is 144 cm³/mol. The first-order valence-corrected chi connectivity index (χ1v) is 12.4. The summed E-state index contributed by atoms with van der Waals surface area (Å²) in [5.41, 5.74) is 6.79. The van der Waals surface area contributed by atoms with Gasteiger partial charge in [-0.25, -0.2) is 9.37 Å². The van der Waals surface area contributed by atoms with Crippen molar-refractivity contribution in [1.29, 1.82) is 0 Å². The third-order valence-corrected chi connectivity index (χ3v) is 5.95. The van der Waals surface area contributed by atoms with Gasteiger partial charge in [0.15, 0.2) is 5.82 Å². The zero-order chi connectivity index (χ0) is 27.9. The Morgan fingerprint density at radius 2 is 1.84 bits per heavy atom. The van der Waals surface area contributed by atoms with Gasteiger partial charge in [-0.05, 0) is 56.4 Å². The van der Waals surface area contributed by atoms with Crippen molar-refractivity contribution in [2.24, 2.45) is 5.73 Å². The van der Waals surface area contributed by atoms with Gasteiger partial charge in [-0.1, -0.05) is 36.4 Å². The number of aromatic nitrogens is 2. The van der Waals surface area contributed by atoms with Gasteiger partial charge in [0.25, 0.3) is 5.91 Å². The number of benzene rings is 2. The summed E-state index contributed by atoms with van der Waals surface area (Å²) in [5, 5.41) is 5.51. The van der Waals surface area contributed by atoms with E-state index in [4.69, 9.17) is 5.73 Å². The lowest BCUT2D eigenvalue weighted by Crippen LogP contribution is -2.54. The second kappa shape index (κ2) is 12.5. The number of carbonyl (C=O) groups excluding carboxylic acids is 3. The molecule has 0 fully saturated rings. The number of nitrogens with zero attached hydrogens (tertiary/aromatic N) is 3. The average Bonchev–Trinajstić information content (AvgIpc) is 3.30. The number of amides is 3. The molecule has 38 heavy (non-hydrogen) atoms. The molecule has 9 nitrogen and oxygen atoms in total. The molecule has 0 aliphatic rings. The zero-order valence-electron chi connectivity index (χ0n) is 22.2. The highest BCUT2D eigenvalue weighted by atomic mass is 19.1. The smallest absolute Gasteiger partial charge is 0.253 e. The van der Waals surface area contributed by atoms with E-state index < -0.39 is 29.2 Å². The Bertz CT molecular complexity index is 1270. The number of nitrogens with two attached hydrogens (primary N) is 1. The summed E-state index contributed by atoms with van der Waals surface area (Å²) in [4.78, 5) is 43.8. The second-order valence-corrected chi connectivity index (χ2v) is 10.0. The molecule has 2 aromatic carbocycles. The molecule has 0 saturated carbocycles. The Labute approximate surface area is 222 Å². The molecule has 0 spiro atoms.